The molecule has 9 heteroatoms. The van der Waals surface area contributed by atoms with Crippen LogP contribution in [0.25, 0.3) is 0 Å². The standard InChI is InChI=1S/C38H73O8P/c1-3-5-7-9-11-13-15-17-19-21-22-24-26-28-30-32-37(39)44-34-36(35-45-47(41,42)43)46-38(40)33-31-29-27-25-23-20-18-16-14-12-10-8-6-4-2/h26,28,36H,3-25,27,29-35H2,1-2H3,(H2,41,42,43)/b28-26+/t36-/m1/s1. The van der Waals surface area contributed by atoms with Crippen LogP contribution in [0.5, 0.6) is 0 Å². The zero-order valence-electron chi connectivity index (χ0n) is 30.4. The average Bonchev–Trinajstić information content (AvgIpc) is 3.03. The second-order valence-electron chi connectivity index (χ2n) is 13.3. The van der Waals surface area contributed by atoms with Crippen LogP contribution in [0, 0.1) is 0 Å². The number of esters is 2. The molecule has 0 saturated carbocycles. The van der Waals surface area contributed by atoms with Crippen molar-refractivity contribution in [3.8, 4) is 0 Å². The fourth-order valence-corrected chi connectivity index (χ4v) is 5.99. The van der Waals surface area contributed by atoms with E-state index < -0.39 is 32.5 Å². The van der Waals surface area contributed by atoms with E-state index in [2.05, 4.69) is 24.4 Å². The van der Waals surface area contributed by atoms with Crippen LogP contribution in [0.15, 0.2) is 12.2 Å². The van der Waals surface area contributed by atoms with Gasteiger partial charge in [-0.15, -0.1) is 0 Å². The number of hydrogen-bond acceptors (Lipinski definition) is 6. The molecule has 0 spiro atoms. The van der Waals surface area contributed by atoms with Gasteiger partial charge in [0.2, 0.25) is 0 Å². The van der Waals surface area contributed by atoms with Crippen molar-refractivity contribution in [3.63, 3.8) is 0 Å². The van der Waals surface area contributed by atoms with Crippen molar-refractivity contribution in [2.75, 3.05) is 13.2 Å². The molecular weight excluding hydrogens is 615 g/mol. The van der Waals surface area contributed by atoms with E-state index in [4.69, 9.17) is 19.3 Å². The lowest BCUT2D eigenvalue weighted by molar-refractivity contribution is -0.161. The van der Waals surface area contributed by atoms with Crippen molar-refractivity contribution in [2.45, 2.75) is 206 Å². The van der Waals surface area contributed by atoms with Crippen molar-refractivity contribution in [1.82, 2.24) is 0 Å². The first-order valence-corrected chi connectivity index (χ1v) is 21.0. The Kier molecular flexibility index (Phi) is 33.8. The lowest BCUT2D eigenvalue weighted by Crippen LogP contribution is -2.29. The molecule has 0 heterocycles. The maximum absolute atomic E-state index is 12.3. The van der Waals surface area contributed by atoms with Crippen LogP contribution in [-0.4, -0.2) is 41.0 Å². The van der Waals surface area contributed by atoms with Gasteiger partial charge in [-0.05, 0) is 25.7 Å². The van der Waals surface area contributed by atoms with Gasteiger partial charge in [0.25, 0.3) is 0 Å². The minimum Gasteiger partial charge on any atom is -0.462 e. The van der Waals surface area contributed by atoms with Gasteiger partial charge in [0, 0.05) is 12.8 Å². The highest BCUT2D eigenvalue weighted by Crippen LogP contribution is 2.36. The Bertz CT molecular complexity index is 782. The van der Waals surface area contributed by atoms with Crippen LogP contribution in [0.3, 0.4) is 0 Å². The maximum Gasteiger partial charge on any atom is 0.469 e. The minimum atomic E-state index is -4.75. The number of hydrogen-bond donors (Lipinski definition) is 2. The summed E-state index contributed by atoms with van der Waals surface area (Å²) in [7, 11) is -4.75. The van der Waals surface area contributed by atoms with Gasteiger partial charge in [-0.25, -0.2) is 4.57 Å². The Morgan fingerprint density at radius 2 is 0.936 bits per heavy atom. The van der Waals surface area contributed by atoms with Gasteiger partial charge in [0.1, 0.15) is 6.61 Å². The highest BCUT2D eigenvalue weighted by Gasteiger charge is 2.22. The third kappa shape index (κ3) is 37.5. The summed E-state index contributed by atoms with van der Waals surface area (Å²) in [4.78, 5) is 42.7. The molecule has 2 N–H and O–H groups in total. The molecule has 0 amide bonds. The van der Waals surface area contributed by atoms with E-state index in [-0.39, 0.29) is 19.4 Å². The summed E-state index contributed by atoms with van der Waals surface area (Å²) in [6.45, 7) is 3.66. The predicted octanol–water partition coefficient (Wildman–Crippen LogP) is 11.5. The van der Waals surface area contributed by atoms with Gasteiger partial charge >= 0.3 is 19.8 Å². The summed E-state index contributed by atoms with van der Waals surface area (Å²) in [5, 5.41) is 0. The number of allylic oxidation sites excluding steroid dienone is 2. The van der Waals surface area contributed by atoms with Crippen molar-refractivity contribution in [3.05, 3.63) is 12.2 Å². The number of phosphoric ester groups is 1. The van der Waals surface area contributed by atoms with Crippen molar-refractivity contribution >= 4 is 19.8 Å². The lowest BCUT2D eigenvalue weighted by atomic mass is 10.0. The van der Waals surface area contributed by atoms with E-state index in [0.717, 1.165) is 32.1 Å². The van der Waals surface area contributed by atoms with Crippen molar-refractivity contribution < 1.29 is 37.9 Å². The molecule has 0 aliphatic rings. The van der Waals surface area contributed by atoms with Crippen LogP contribution in [0.4, 0.5) is 0 Å². The number of phosphoric acid groups is 1. The third-order valence-corrected chi connectivity index (χ3v) is 9.03. The highest BCUT2D eigenvalue weighted by molar-refractivity contribution is 7.46. The number of carbonyl (C=O) groups excluding carboxylic acids is 2. The Balaban J connectivity index is 3.96. The molecule has 8 nitrogen and oxygen atoms in total. The van der Waals surface area contributed by atoms with Gasteiger partial charge in [-0.2, -0.15) is 0 Å². The number of carbonyl (C=O) groups is 2. The van der Waals surface area contributed by atoms with Crippen LogP contribution in [-0.2, 0) is 28.2 Å². The molecule has 0 saturated heterocycles. The highest BCUT2D eigenvalue weighted by atomic mass is 31.2. The topological polar surface area (TPSA) is 119 Å². The van der Waals surface area contributed by atoms with Crippen LogP contribution in [0.2, 0.25) is 0 Å². The Labute approximate surface area is 288 Å². The number of unbranched alkanes of at least 4 members (excludes halogenated alkanes) is 24. The van der Waals surface area contributed by atoms with Gasteiger partial charge < -0.3 is 19.3 Å². The second-order valence-corrected chi connectivity index (χ2v) is 14.5. The molecule has 1 atom stereocenters. The fraction of sp³-hybridized carbons (Fsp3) is 0.895. The summed E-state index contributed by atoms with van der Waals surface area (Å²) in [6, 6.07) is 0. The van der Waals surface area contributed by atoms with Gasteiger partial charge in [-0.3, -0.25) is 14.1 Å². The fourth-order valence-electron chi connectivity index (χ4n) is 5.63. The van der Waals surface area contributed by atoms with Crippen molar-refractivity contribution in [2.24, 2.45) is 0 Å². The Morgan fingerprint density at radius 1 is 0.532 bits per heavy atom. The zero-order chi connectivity index (χ0) is 34.7. The summed E-state index contributed by atoms with van der Waals surface area (Å²) in [5.41, 5.74) is 0. The molecule has 0 unspecified atom stereocenters. The van der Waals surface area contributed by atoms with E-state index in [1.54, 1.807) is 0 Å². The molecule has 0 aromatic rings. The first-order valence-electron chi connectivity index (χ1n) is 19.5. The molecule has 0 radical (unpaired) electrons. The second kappa shape index (κ2) is 34.6. The molecule has 278 valence electrons. The molecule has 0 fully saturated rings. The quantitative estimate of drug-likeness (QED) is 0.0289. The molecule has 47 heavy (non-hydrogen) atoms. The van der Waals surface area contributed by atoms with E-state index >= 15 is 0 Å². The summed E-state index contributed by atoms with van der Waals surface area (Å²) in [6.07, 6.45) is 36.6. The average molecular weight is 689 g/mol. The Morgan fingerprint density at radius 3 is 1.38 bits per heavy atom. The minimum absolute atomic E-state index is 0.188. The van der Waals surface area contributed by atoms with Gasteiger partial charge in [0.15, 0.2) is 6.10 Å². The van der Waals surface area contributed by atoms with Crippen LogP contribution >= 0.6 is 7.82 Å². The molecule has 0 aromatic heterocycles. The SMILES string of the molecule is CCCCCCCCCCCCC/C=C/CCC(=O)OC[C@H](COP(=O)(O)O)OC(=O)CCCCCCCCCCCCCCCC. The first kappa shape index (κ1) is 45.8. The summed E-state index contributed by atoms with van der Waals surface area (Å²) in [5.74, 6) is -0.932. The molecule has 0 aliphatic heterocycles. The number of rotatable bonds is 36. The van der Waals surface area contributed by atoms with E-state index in [1.165, 1.54) is 128 Å². The normalized spacial score (nSPS) is 12.5. The molecule has 0 rings (SSSR count). The van der Waals surface area contributed by atoms with Crippen LogP contribution in [0.1, 0.15) is 200 Å². The van der Waals surface area contributed by atoms with Gasteiger partial charge in [0.05, 0.1) is 6.61 Å². The summed E-state index contributed by atoms with van der Waals surface area (Å²) >= 11 is 0. The van der Waals surface area contributed by atoms with E-state index in [0.29, 0.717) is 12.8 Å². The van der Waals surface area contributed by atoms with E-state index in [9.17, 15) is 14.2 Å². The monoisotopic (exact) mass is 689 g/mol. The summed E-state index contributed by atoms with van der Waals surface area (Å²) < 4.78 is 26.3. The van der Waals surface area contributed by atoms with Crippen molar-refractivity contribution in [1.29, 1.82) is 0 Å². The maximum atomic E-state index is 12.3. The zero-order valence-corrected chi connectivity index (χ0v) is 31.3. The molecule has 0 bridgehead atoms. The number of ether oxygens (including phenoxy) is 2. The smallest absolute Gasteiger partial charge is 0.462 e. The van der Waals surface area contributed by atoms with Gasteiger partial charge in [-0.1, -0.05) is 174 Å². The molecule has 0 aliphatic carbocycles. The van der Waals surface area contributed by atoms with E-state index in [1.807, 2.05) is 6.08 Å². The first-order chi connectivity index (χ1) is 22.8. The third-order valence-electron chi connectivity index (χ3n) is 8.55. The lowest BCUT2D eigenvalue weighted by Gasteiger charge is -2.18. The predicted molar refractivity (Wildman–Crippen MR) is 193 cm³/mol. The largest absolute Gasteiger partial charge is 0.469 e. The molecule has 0 aromatic carbocycles. The molecular formula is C38H73O8P. The van der Waals surface area contributed by atoms with Crippen LogP contribution < -0.4 is 0 Å². The Hall–Kier alpha value is -1.21.